The summed E-state index contributed by atoms with van der Waals surface area (Å²) >= 11 is 6.12. The van der Waals surface area contributed by atoms with E-state index in [-0.39, 0.29) is 21.5 Å². The van der Waals surface area contributed by atoms with Crippen molar-refractivity contribution in [2.75, 3.05) is 23.3 Å². The molecule has 1 fully saturated rings. The molecule has 1 aliphatic heterocycles. The van der Waals surface area contributed by atoms with Crippen LogP contribution in [0.25, 0.3) is 0 Å². The van der Waals surface area contributed by atoms with Gasteiger partial charge in [0.25, 0.3) is 10.0 Å². The fraction of sp³-hybridized carbons (Fsp3) is 0.278. The van der Waals surface area contributed by atoms with Gasteiger partial charge in [-0.25, -0.2) is 8.42 Å². The highest BCUT2D eigenvalue weighted by atomic mass is 35.5. The number of halogens is 1. The smallest absolute Gasteiger partial charge is 0.262 e. The Kier molecular flexibility index (Phi) is 5.11. The number of aryl methyl sites for hydroxylation is 1. The Bertz CT molecular complexity index is 960. The van der Waals surface area contributed by atoms with E-state index in [0.717, 1.165) is 6.42 Å². The SMILES string of the molecule is COc1ccc(NS(=O)(=O)c2ccc(N3CCCC3=O)cc2C)c(Cl)c1. The van der Waals surface area contributed by atoms with Crippen molar-refractivity contribution in [2.45, 2.75) is 24.7 Å². The number of carbonyl (C=O) groups excluding carboxylic acids is 1. The molecule has 138 valence electrons. The standard InChI is InChI=1S/C18H19ClN2O4S/c1-12-10-13(21-9-3-4-18(21)22)5-8-17(12)26(23,24)20-16-7-6-14(25-2)11-15(16)19/h5-8,10-11,20H,3-4,9H2,1-2H3. The van der Waals surface area contributed by atoms with Crippen LogP contribution in [-0.4, -0.2) is 28.0 Å². The van der Waals surface area contributed by atoms with E-state index in [2.05, 4.69) is 4.72 Å². The molecule has 1 amide bonds. The van der Waals surface area contributed by atoms with Gasteiger partial charge in [-0.05, 0) is 49.2 Å². The molecule has 1 aliphatic rings. The van der Waals surface area contributed by atoms with Crippen molar-refractivity contribution in [1.29, 1.82) is 0 Å². The summed E-state index contributed by atoms with van der Waals surface area (Å²) in [4.78, 5) is 13.7. The molecule has 26 heavy (non-hydrogen) atoms. The predicted molar refractivity (Wildman–Crippen MR) is 102 cm³/mol. The second-order valence-electron chi connectivity index (χ2n) is 6.05. The van der Waals surface area contributed by atoms with E-state index in [1.807, 2.05) is 0 Å². The molecular formula is C18H19ClN2O4S. The number of ether oxygens (including phenoxy) is 1. The first kappa shape index (κ1) is 18.5. The van der Waals surface area contributed by atoms with E-state index in [0.29, 0.717) is 30.0 Å². The molecule has 0 unspecified atom stereocenters. The van der Waals surface area contributed by atoms with Crippen molar-refractivity contribution >= 4 is 38.9 Å². The number of carbonyl (C=O) groups is 1. The lowest BCUT2D eigenvalue weighted by Crippen LogP contribution is -2.24. The second kappa shape index (κ2) is 7.17. The Balaban J connectivity index is 1.88. The van der Waals surface area contributed by atoms with Crippen LogP contribution in [0.4, 0.5) is 11.4 Å². The number of amides is 1. The van der Waals surface area contributed by atoms with Crippen molar-refractivity contribution in [3.05, 3.63) is 47.0 Å². The molecule has 0 atom stereocenters. The summed E-state index contributed by atoms with van der Waals surface area (Å²) in [6.45, 7) is 2.36. The van der Waals surface area contributed by atoms with Gasteiger partial charge < -0.3 is 9.64 Å². The number of hydrogen-bond donors (Lipinski definition) is 1. The maximum absolute atomic E-state index is 12.7. The number of benzene rings is 2. The minimum Gasteiger partial charge on any atom is -0.497 e. The molecule has 1 heterocycles. The Morgan fingerprint density at radius 1 is 1.19 bits per heavy atom. The zero-order chi connectivity index (χ0) is 18.9. The average molecular weight is 395 g/mol. The predicted octanol–water partition coefficient (Wildman–Crippen LogP) is 3.58. The van der Waals surface area contributed by atoms with Crippen LogP contribution in [0.2, 0.25) is 5.02 Å². The van der Waals surface area contributed by atoms with Gasteiger partial charge >= 0.3 is 0 Å². The first-order valence-corrected chi connectivity index (χ1v) is 9.95. The molecule has 3 rings (SSSR count). The lowest BCUT2D eigenvalue weighted by molar-refractivity contribution is -0.117. The third-order valence-corrected chi connectivity index (χ3v) is 6.09. The number of rotatable bonds is 5. The van der Waals surface area contributed by atoms with E-state index in [1.165, 1.54) is 19.2 Å². The Hall–Kier alpha value is -2.25. The Labute approximate surface area is 157 Å². The molecule has 0 aromatic heterocycles. The maximum atomic E-state index is 12.7. The molecule has 0 spiro atoms. The summed E-state index contributed by atoms with van der Waals surface area (Å²) in [6, 6.07) is 9.59. The highest BCUT2D eigenvalue weighted by molar-refractivity contribution is 7.92. The summed E-state index contributed by atoms with van der Waals surface area (Å²) in [6.07, 6.45) is 1.34. The summed E-state index contributed by atoms with van der Waals surface area (Å²) in [5.74, 6) is 0.594. The monoisotopic (exact) mass is 394 g/mol. The average Bonchev–Trinajstić information content (AvgIpc) is 3.02. The molecule has 0 aliphatic carbocycles. The van der Waals surface area contributed by atoms with Crippen LogP contribution in [0.5, 0.6) is 5.75 Å². The normalized spacial score (nSPS) is 14.6. The molecule has 0 bridgehead atoms. The first-order valence-electron chi connectivity index (χ1n) is 8.09. The summed E-state index contributed by atoms with van der Waals surface area (Å²) in [5, 5.41) is 0.241. The minimum absolute atomic E-state index is 0.0585. The molecule has 1 saturated heterocycles. The summed E-state index contributed by atoms with van der Waals surface area (Å²) < 4.78 is 33.0. The third-order valence-electron chi connectivity index (χ3n) is 4.25. The lowest BCUT2D eigenvalue weighted by atomic mass is 10.2. The number of nitrogens with one attached hydrogen (secondary N) is 1. The van der Waals surface area contributed by atoms with Crippen LogP contribution < -0.4 is 14.4 Å². The molecule has 1 N–H and O–H groups in total. The van der Waals surface area contributed by atoms with Crippen molar-refractivity contribution in [1.82, 2.24) is 0 Å². The zero-order valence-corrected chi connectivity index (χ0v) is 16.0. The van der Waals surface area contributed by atoms with Crippen LogP contribution in [0, 0.1) is 6.92 Å². The van der Waals surface area contributed by atoms with Crippen molar-refractivity contribution in [2.24, 2.45) is 0 Å². The quantitative estimate of drug-likeness (QED) is 0.840. The molecule has 6 nitrogen and oxygen atoms in total. The second-order valence-corrected chi connectivity index (χ2v) is 8.11. The fourth-order valence-corrected chi connectivity index (χ4v) is 4.51. The lowest BCUT2D eigenvalue weighted by Gasteiger charge is -2.18. The highest BCUT2D eigenvalue weighted by Gasteiger charge is 2.24. The van der Waals surface area contributed by atoms with E-state index in [1.54, 1.807) is 36.1 Å². The van der Waals surface area contributed by atoms with Crippen LogP contribution in [-0.2, 0) is 14.8 Å². The number of methoxy groups -OCH3 is 1. The topological polar surface area (TPSA) is 75.7 Å². The van der Waals surface area contributed by atoms with Gasteiger partial charge in [0.1, 0.15) is 5.75 Å². The van der Waals surface area contributed by atoms with Gasteiger partial charge in [0, 0.05) is 24.7 Å². The van der Waals surface area contributed by atoms with Crippen LogP contribution in [0.1, 0.15) is 18.4 Å². The van der Waals surface area contributed by atoms with Gasteiger partial charge in [0.05, 0.1) is 22.7 Å². The van der Waals surface area contributed by atoms with Crippen LogP contribution >= 0.6 is 11.6 Å². The fourth-order valence-electron chi connectivity index (χ4n) is 2.93. The molecule has 0 radical (unpaired) electrons. The number of anilines is 2. The molecular weight excluding hydrogens is 376 g/mol. The van der Waals surface area contributed by atoms with Gasteiger partial charge in [0.2, 0.25) is 5.91 Å². The molecule has 2 aromatic carbocycles. The number of hydrogen-bond acceptors (Lipinski definition) is 4. The van der Waals surface area contributed by atoms with Crippen LogP contribution in [0.15, 0.2) is 41.3 Å². The van der Waals surface area contributed by atoms with E-state index < -0.39 is 10.0 Å². The number of sulfonamides is 1. The molecule has 0 saturated carbocycles. The van der Waals surface area contributed by atoms with Gasteiger partial charge in [-0.3, -0.25) is 9.52 Å². The van der Waals surface area contributed by atoms with Gasteiger partial charge in [0.15, 0.2) is 0 Å². The number of nitrogens with zero attached hydrogens (tertiary/aromatic N) is 1. The Morgan fingerprint density at radius 2 is 1.96 bits per heavy atom. The van der Waals surface area contributed by atoms with Gasteiger partial charge in [-0.2, -0.15) is 0 Å². The largest absolute Gasteiger partial charge is 0.497 e. The zero-order valence-electron chi connectivity index (χ0n) is 14.5. The minimum atomic E-state index is -3.82. The summed E-state index contributed by atoms with van der Waals surface area (Å²) in [7, 11) is -2.31. The van der Waals surface area contributed by atoms with E-state index >= 15 is 0 Å². The van der Waals surface area contributed by atoms with Gasteiger partial charge in [-0.1, -0.05) is 11.6 Å². The maximum Gasteiger partial charge on any atom is 0.262 e. The van der Waals surface area contributed by atoms with Crippen molar-refractivity contribution in [3.63, 3.8) is 0 Å². The van der Waals surface area contributed by atoms with E-state index in [9.17, 15) is 13.2 Å². The third kappa shape index (κ3) is 3.64. The molecule has 8 heteroatoms. The molecule has 2 aromatic rings. The van der Waals surface area contributed by atoms with E-state index in [4.69, 9.17) is 16.3 Å². The van der Waals surface area contributed by atoms with Crippen molar-refractivity contribution in [3.8, 4) is 5.75 Å². The first-order chi connectivity index (χ1) is 12.3. The van der Waals surface area contributed by atoms with Crippen LogP contribution in [0.3, 0.4) is 0 Å². The van der Waals surface area contributed by atoms with Crippen molar-refractivity contribution < 1.29 is 17.9 Å². The van der Waals surface area contributed by atoms with Gasteiger partial charge in [-0.15, -0.1) is 0 Å². The summed E-state index contributed by atoms with van der Waals surface area (Å²) in [5.41, 5.74) is 1.54. The Morgan fingerprint density at radius 3 is 2.54 bits per heavy atom. The highest BCUT2D eigenvalue weighted by Crippen LogP contribution is 2.31.